The van der Waals surface area contributed by atoms with Crippen LogP contribution in [0.4, 0.5) is 10.1 Å². The van der Waals surface area contributed by atoms with E-state index in [9.17, 15) is 14.0 Å². The third-order valence-corrected chi connectivity index (χ3v) is 6.22. The Morgan fingerprint density at radius 1 is 1.00 bits per heavy atom. The van der Waals surface area contributed by atoms with Gasteiger partial charge in [0, 0.05) is 21.8 Å². The highest BCUT2D eigenvalue weighted by molar-refractivity contribution is 7.99. The highest BCUT2D eigenvalue weighted by Gasteiger charge is 2.17. The number of aliphatic carboxylic acids is 1. The Bertz CT molecular complexity index is 1220. The molecule has 35 heavy (non-hydrogen) atoms. The summed E-state index contributed by atoms with van der Waals surface area (Å²) in [5, 5.41) is 11.9. The number of ether oxygens (including phenoxy) is 2. The van der Waals surface area contributed by atoms with Gasteiger partial charge in [0.1, 0.15) is 11.6 Å². The molecule has 8 heteroatoms. The summed E-state index contributed by atoms with van der Waals surface area (Å²) < 4.78 is 25.6. The largest absolute Gasteiger partial charge is 0.493 e. The Kier molecular flexibility index (Phi) is 8.40. The van der Waals surface area contributed by atoms with E-state index in [-0.39, 0.29) is 16.7 Å². The number of carboxylic acid groups (broad SMARTS) is 1. The van der Waals surface area contributed by atoms with Crippen molar-refractivity contribution in [2.75, 3.05) is 12.4 Å². The number of carbonyl (C=O) groups is 2. The van der Waals surface area contributed by atoms with Gasteiger partial charge in [0.2, 0.25) is 0 Å². The molecule has 0 unspecified atom stereocenters. The summed E-state index contributed by atoms with van der Waals surface area (Å²) in [4.78, 5) is 23.7. The number of halogens is 1. The molecule has 6 nitrogen and oxygen atoms in total. The third-order valence-electron chi connectivity index (χ3n) is 4.90. The van der Waals surface area contributed by atoms with Crippen molar-refractivity contribution in [3.05, 3.63) is 83.2 Å². The van der Waals surface area contributed by atoms with Gasteiger partial charge in [0.25, 0.3) is 5.91 Å². The molecule has 0 radical (unpaired) electrons. The van der Waals surface area contributed by atoms with Crippen molar-refractivity contribution >= 4 is 29.3 Å². The highest BCUT2D eigenvalue weighted by atomic mass is 32.2. The van der Waals surface area contributed by atoms with Crippen molar-refractivity contribution in [3.8, 4) is 17.2 Å². The zero-order valence-corrected chi connectivity index (χ0v) is 20.9. The lowest BCUT2D eigenvalue weighted by atomic mass is 10.1. The summed E-state index contributed by atoms with van der Waals surface area (Å²) >= 11 is 1.70. The minimum absolute atomic E-state index is 0.0250. The normalized spacial score (nSPS) is 11.1. The first kappa shape index (κ1) is 26.1. The van der Waals surface area contributed by atoms with Crippen LogP contribution >= 0.6 is 11.8 Å². The van der Waals surface area contributed by atoms with Crippen LogP contribution in [0, 0.1) is 5.82 Å². The number of thioether (sulfide) groups is 1. The van der Waals surface area contributed by atoms with Gasteiger partial charge >= 0.3 is 5.97 Å². The second-order valence-corrected chi connectivity index (χ2v) is 10.6. The number of carbonyl (C=O) groups excluding carboxylic acids is 1. The predicted octanol–water partition coefficient (Wildman–Crippen LogP) is 6.54. The Balaban J connectivity index is 1.93. The Labute approximate surface area is 208 Å². The van der Waals surface area contributed by atoms with Crippen molar-refractivity contribution in [1.29, 1.82) is 0 Å². The molecule has 0 spiro atoms. The first-order valence-electron chi connectivity index (χ1n) is 10.9. The zero-order valence-electron chi connectivity index (χ0n) is 20.1. The van der Waals surface area contributed by atoms with Crippen LogP contribution in [0.3, 0.4) is 0 Å². The number of methoxy groups -OCH3 is 1. The SMILES string of the molecule is COc1ccc(CC(=O)O)cc1Oc1ccc(NC(=O)c2ccccc2F)cc1CSC(C)(C)C. The topological polar surface area (TPSA) is 84.9 Å². The quantitative estimate of drug-likeness (QED) is 0.349. The van der Waals surface area contributed by atoms with Gasteiger partial charge in [-0.1, -0.05) is 39.0 Å². The molecule has 0 aliphatic rings. The van der Waals surface area contributed by atoms with Gasteiger partial charge < -0.3 is 19.9 Å². The second kappa shape index (κ2) is 11.3. The van der Waals surface area contributed by atoms with Gasteiger partial charge in [0.05, 0.1) is 19.1 Å². The van der Waals surface area contributed by atoms with Gasteiger partial charge in [-0.15, -0.1) is 0 Å². The molecule has 184 valence electrons. The average Bonchev–Trinajstić information content (AvgIpc) is 2.78. The maximum atomic E-state index is 14.0. The number of amides is 1. The first-order valence-corrected chi connectivity index (χ1v) is 11.9. The molecule has 3 aromatic rings. The number of hydrogen-bond donors (Lipinski definition) is 2. The van der Waals surface area contributed by atoms with Gasteiger partial charge in [-0.2, -0.15) is 11.8 Å². The minimum atomic E-state index is -0.946. The van der Waals surface area contributed by atoms with Gasteiger partial charge in [-0.25, -0.2) is 4.39 Å². The molecule has 2 N–H and O–H groups in total. The fraction of sp³-hybridized carbons (Fsp3) is 0.259. The standard InChI is InChI=1S/C27H28FNO5S/c1-27(2,3)35-16-18-15-19(29-26(32)20-7-5-6-8-21(20)28)10-12-22(18)34-24-13-17(14-25(30)31)9-11-23(24)33-4/h5-13,15H,14,16H2,1-4H3,(H,29,32)(H,30,31). The maximum Gasteiger partial charge on any atom is 0.307 e. The molecule has 0 aliphatic carbocycles. The second-order valence-electron chi connectivity index (χ2n) is 8.82. The van der Waals surface area contributed by atoms with Crippen LogP contribution in [-0.2, 0) is 17.0 Å². The van der Waals surface area contributed by atoms with E-state index >= 15 is 0 Å². The van der Waals surface area contributed by atoms with Crippen molar-refractivity contribution in [2.45, 2.75) is 37.7 Å². The molecule has 0 aliphatic heterocycles. The van der Waals surface area contributed by atoms with Crippen LogP contribution in [0.15, 0.2) is 60.7 Å². The smallest absolute Gasteiger partial charge is 0.307 e. The Hall–Kier alpha value is -3.52. The van der Waals surface area contributed by atoms with Gasteiger partial charge in [-0.3, -0.25) is 9.59 Å². The van der Waals surface area contributed by atoms with Crippen LogP contribution in [0.25, 0.3) is 0 Å². The van der Waals surface area contributed by atoms with Crippen molar-refractivity contribution in [2.24, 2.45) is 0 Å². The monoisotopic (exact) mass is 497 g/mol. The fourth-order valence-electron chi connectivity index (χ4n) is 3.21. The molecule has 3 rings (SSSR count). The minimum Gasteiger partial charge on any atom is -0.493 e. The summed E-state index contributed by atoms with van der Waals surface area (Å²) in [5.41, 5.74) is 1.84. The van der Waals surface area contributed by atoms with E-state index < -0.39 is 17.7 Å². The summed E-state index contributed by atoms with van der Waals surface area (Å²) in [6, 6.07) is 16.0. The Morgan fingerprint density at radius 2 is 1.71 bits per heavy atom. The van der Waals surface area contributed by atoms with Crippen LogP contribution in [0.2, 0.25) is 0 Å². The van der Waals surface area contributed by atoms with Crippen molar-refractivity contribution in [1.82, 2.24) is 0 Å². The summed E-state index contributed by atoms with van der Waals surface area (Å²) in [6.07, 6.45) is -0.145. The number of nitrogens with one attached hydrogen (secondary N) is 1. The van der Waals surface area contributed by atoms with E-state index in [4.69, 9.17) is 14.6 Å². The number of anilines is 1. The van der Waals surface area contributed by atoms with Crippen LogP contribution in [0.1, 0.15) is 42.3 Å². The molecule has 3 aromatic carbocycles. The van der Waals surface area contributed by atoms with Crippen molar-refractivity contribution in [3.63, 3.8) is 0 Å². The molecule has 0 saturated heterocycles. The van der Waals surface area contributed by atoms with Gasteiger partial charge in [-0.05, 0) is 48.0 Å². The molecule has 0 fully saturated rings. The lowest BCUT2D eigenvalue weighted by molar-refractivity contribution is -0.136. The van der Waals surface area contributed by atoms with Gasteiger partial charge in [0.15, 0.2) is 11.5 Å². The number of rotatable bonds is 9. The molecule has 0 atom stereocenters. The van der Waals surface area contributed by atoms with E-state index in [0.29, 0.717) is 34.3 Å². The van der Waals surface area contributed by atoms with E-state index in [2.05, 4.69) is 26.1 Å². The van der Waals surface area contributed by atoms with Crippen molar-refractivity contribution < 1.29 is 28.6 Å². The highest BCUT2D eigenvalue weighted by Crippen LogP contribution is 2.38. The number of carboxylic acids is 1. The fourth-order valence-corrected chi connectivity index (χ4v) is 4.03. The number of hydrogen-bond acceptors (Lipinski definition) is 5. The predicted molar refractivity (Wildman–Crippen MR) is 136 cm³/mol. The molecular weight excluding hydrogens is 469 g/mol. The molecule has 0 saturated carbocycles. The van der Waals surface area contributed by atoms with E-state index in [1.165, 1.54) is 25.3 Å². The summed E-state index contributed by atoms with van der Waals surface area (Å²) in [6.45, 7) is 6.29. The molecule has 1 amide bonds. The molecule has 0 aromatic heterocycles. The summed E-state index contributed by atoms with van der Waals surface area (Å²) in [7, 11) is 1.51. The maximum absolute atomic E-state index is 14.0. The molecule has 0 heterocycles. The first-order chi connectivity index (χ1) is 16.6. The van der Waals surface area contributed by atoms with Crippen LogP contribution < -0.4 is 14.8 Å². The third kappa shape index (κ3) is 7.48. The summed E-state index contributed by atoms with van der Waals surface area (Å²) in [5.74, 6) is -0.119. The Morgan fingerprint density at radius 3 is 2.37 bits per heavy atom. The lowest BCUT2D eigenvalue weighted by Crippen LogP contribution is -2.14. The molecular formula is C27H28FNO5S. The van der Waals surface area contributed by atoms with E-state index in [1.54, 1.807) is 54.2 Å². The van der Waals surface area contributed by atoms with E-state index in [0.717, 1.165) is 5.56 Å². The van der Waals surface area contributed by atoms with E-state index in [1.807, 2.05) is 0 Å². The zero-order chi connectivity index (χ0) is 25.6. The van der Waals surface area contributed by atoms with Crippen LogP contribution in [0.5, 0.6) is 17.2 Å². The lowest BCUT2D eigenvalue weighted by Gasteiger charge is -2.20. The average molecular weight is 498 g/mol. The van der Waals surface area contributed by atoms with Crippen LogP contribution in [-0.4, -0.2) is 28.8 Å². The number of benzene rings is 3. The molecule has 0 bridgehead atoms.